The molecule has 37 heavy (non-hydrogen) atoms. The van der Waals surface area contributed by atoms with Crippen molar-refractivity contribution < 1.29 is 27.2 Å². The predicted octanol–water partition coefficient (Wildman–Crippen LogP) is 3.31. The van der Waals surface area contributed by atoms with Crippen molar-refractivity contribution in [3.8, 4) is 17.4 Å². The van der Waals surface area contributed by atoms with Crippen molar-refractivity contribution in [1.82, 2.24) is 9.21 Å². The van der Waals surface area contributed by atoms with E-state index in [1.54, 1.807) is 43.5 Å². The highest BCUT2D eigenvalue weighted by Gasteiger charge is 2.31. The Labute approximate surface area is 219 Å². The normalized spacial score (nSPS) is 14.7. The Morgan fingerprint density at radius 2 is 1.89 bits per heavy atom. The fraction of sp³-hybridized carbons (Fsp3) is 0.320. The molecule has 1 aromatic carbocycles. The van der Waals surface area contributed by atoms with Gasteiger partial charge in [0.15, 0.2) is 0 Å². The average Bonchev–Trinajstić information content (AvgIpc) is 3.50. The van der Waals surface area contributed by atoms with Crippen LogP contribution in [0, 0.1) is 18.3 Å². The van der Waals surface area contributed by atoms with Gasteiger partial charge in [-0.1, -0.05) is 12.1 Å². The number of ether oxygens (including phenoxy) is 1. The molecule has 12 heteroatoms. The van der Waals surface area contributed by atoms with Gasteiger partial charge in [0.05, 0.1) is 23.6 Å². The van der Waals surface area contributed by atoms with E-state index in [1.165, 1.54) is 27.8 Å². The highest BCUT2D eigenvalue weighted by molar-refractivity contribution is 7.89. The van der Waals surface area contributed by atoms with Crippen LogP contribution in [0.4, 0.5) is 5.00 Å². The zero-order chi connectivity index (χ0) is 26.6. The van der Waals surface area contributed by atoms with Crippen LogP contribution in [-0.2, 0) is 19.6 Å². The van der Waals surface area contributed by atoms with E-state index in [1.807, 2.05) is 11.0 Å². The third kappa shape index (κ3) is 5.75. The van der Waals surface area contributed by atoms with Gasteiger partial charge >= 0.3 is 5.97 Å². The first-order valence-corrected chi connectivity index (χ1v) is 13.9. The summed E-state index contributed by atoms with van der Waals surface area (Å²) in [6.07, 6.45) is 0. The first-order valence-electron chi connectivity index (χ1n) is 11.6. The molecule has 1 N–H and O–H groups in total. The number of nitrogens with zero attached hydrogens (tertiary/aromatic N) is 3. The fourth-order valence-electron chi connectivity index (χ4n) is 4.04. The molecule has 0 atom stereocenters. The molecule has 1 aliphatic rings. The maximum atomic E-state index is 13.0. The van der Waals surface area contributed by atoms with E-state index < -0.39 is 16.0 Å². The number of benzene rings is 1. The molecule has 3 heterocycles. The van der Waals surface area contributed by atoms with E-state index in [9.17, 15) is 23.3 Å². The van der Waals surface area contributed by atoms with Gasteiger partial charge in [0.1, 0.15) is 28.2 Å². The van der Waals surface area contributed by atoms with Crippen LogP contribution < -0.4 is 5.32 Å². The maximum absolute atomic E-state index is 13.0. The van der Waals surface area contributed by atoms with E-state index in [-0.39, 0.29) is 48.2 Å². The monoisotopic (exact) mass is 542 g/mol. The van der Waals surface area contributed by atoms with Crippen LogP contribution in [0.5, 0.6) is 0 Å². The van der Waals surface area contributed by atoms with Crippen LogP contribution in [0.15, 0.2) is 51.1 Å². The van der Waals surface area contributed by atoms with E-state index in [0.717, 1.165) is 0 Å². The van der Waals surface area contributed by atoms with E-state index >= 15 is 0 Å². The lowest BCUT2D eigenvalue weighted by atomic mass is 10.1. The molecule has 4 rings (SSSR count). The minimum absolute atomic E-state index is 0.0181. The van der Waals surface area contributed by atoms with Crippen molar-refractivity contribution in [3.63, 3.8) is 0 Å². The third-order valence-corrected chi connectivity index (χ3v) is 8.71. The first kappa shape index (κ1) is 26.6. The van der Waals surface area contributed by atoms with Crippen LogP contribution >= 0.6 is 11.3 Å². The molecule has 1 aliphatic heterocycles. The molecule has 0 bridgehead atoms. The van der Waals surface area contributed by atoms with Crippen LogP contribution in [0.3, 0.4) is 0 Å². The molecular weight excluding hydrogens is 516 g/mol. The maximum Gasteiger partial charge on any atom is 0.341 e. The summed E-state index contributed by atoms with van der Waals surface area (Å²) in [6.45, 7) is 4.77. The zero-order valence-corrected chi connectivity index (χ0v) is 22.0. The lowest BCUT2D eigenvalue weighted by Gasteiger charge is -2.33. The third-order valence-electron chi connectivity index (χ3n) is 5.85. The largest absolute Gasteiger partial charge is 0.462 e. The number of amides is 1. The predicted molar refractivity (Wildman–Crippen MR) is 138 cm³/mol. The number of esters is 1. The topological polar surface area (TPSA) is 133 Å². The number of sulfonamides is 1. The van der Waals surface area contributed by atoms with Gasteiger partial charge in [0.25, 0.3) is 0 Å². The van der Waals surface area contributed by atoms with E-state index in [0.29, 0.717) is 35.2 Å². The van der Waals surface area contributed by atoms with Gasteiger partial charge in [0.2, 0.25) is 15.9 Å². The summed E-state index contributed by atoms with van der Waals surface area (Å²) in [6, 6.07) is 11.6. The van der Waals surface area contributed by atoms with Gasteiger partial charge in [-0.15, -0.1) is 11.3 Å². The minimum Gasteiger partial charge on any atom is -0.462 e. The molecule has 10 nitrogen and oxygen atoms in total. The summed E-state index contributed by atoms with van der Waals surface area (Å²) in [4.78, 5) is 27.4. The number of anilines is 1. The number of aryl methyl sites for hydroxylation is 1. The molecule has 0 aliphatic carbocycles. The van der Waals surface area contributed by atoms with Crippen LogP contribution in [0.1, 0.15) is 28.6 Å². The average molecular weight is 543 g/mol. The van der Waals surface area contributed by atoms with Gasteiger partial charge < -0.3 is 14.5 Å². The molecular formula is C25H26N4O6S2. The number of nitrogens with one attached hydrogen (secondary N) is 1. The molecule has 194 valence electrons. The summed E-state index contributed by atoms with van der Waals surface area (Å²) >= 11 is 1.20. The summed E-state index contributed by atoms with van der Waals surface area (Å²) in [7, 11) is -3.82. The highest BCUT2D eigenvalue weighted by atomic mass is 32.2. The number of hydrogen-bond acceptors (Lipinski definition) is 9. The summed E-state index contributed by atoms with van der Waals surface area (Å²) in [5, 5.41) is 14.2. The minimum atomic E-state index is -3.82. The summed E-state index contributed by atoms with van der Waals surface area (Å²) in [5.74, 6) is 0.312. The van der Waals surface area contributed by atoms with Crippen molar-refractivity contribution in [1.29, 1.82) is 5.26 Å². The number of carbonyl (C=O) groups excluding carboxylic acids is 2. The van der Waals surface area contributed by atoms with Gasteiger partial charge in [0, 0.05) is 37.1 Å². The molecule has 1 fully saturated rings. The quantitative estimate of drug-likeness (QED) is 0.429. The smallest absolute Gasteiger partial charge is 0.341 e. The summed E-state index contributed by atoms with van der Waals surface area (Å²) in [5.41, 5.74) is 0.881. The molecule has 2 aromatic heterocycles. The second kappa shape index (κ2) is 11.3. The molecule has 0 spiro atoms. The Morgan fingerprint density at radius 1 is 1.16 bits per heavy atom. The second-order valence-electron chi connectivity index (χ2n) is 8.32. The Morgan fingerprint density at radius 3 is 2.54 bits per heavy atom. The second-order valence-corrected chi connectivity index (χ2v) is 11.1. The van der Waals surface area contributed by atoms with Crippen molar-refractivity contribution in [3.05, 3.63) is 58.7 Å². The van der Waals surface area contributed by atoms with Crippen LogP contribution in [0.2, 0.25) is 0 Å². The van der Waals surface area contributed by atoms with Gasteiger partial charge in [-0.05, 0) is 38.1 Å². The Bertz CT molecular complexity index is 1450. The van der Waals surface area contributed by atoms with Crippen molar-refractivity contribution in [2.75, 3.05) is 44.6 Å². The number of carbonyl (C=O) groups is 2. The van der Waals surface area contributed by atoms with Gasteiger partial charge in [-0.2, -0.15) is 9.57 Å². The number of hydrogen-bond donors (Lipinski definition) is 1. The summed E-state index contributed by atoms with van der Waals surface area (Å²) < 4.78 is 38.3. The molecule has 0 radical (unpaired) electrons. The van der Waals surface area contributed by atoms with Crippen molar-refractivity contribution in [2.45, 2.75) is 18.7 Å². The number of rotatable bonds is 8. The Hall–Kier alpha value is -3.50. The zero-order valence-electron chi connectivity index (χ0n) is 20.4. The Balaban J connectivity index is 1.41. The molecule has 3 aromatic rings. The Kier molecular flexibility index (Phi) is 8.09. The van der Waals surface area contributed by atoms with Crippen LogP contribution in [0.25, 0.3) is 11.3 Å². The SMILES string of the molecule is CCOC(=O)c1c(-c2ccc(C)o2)csc1NC(=O)CN1CCN(S(=O)(=O)c2ccccc2C#N)CC1. The lowest BCUT2D eigenvalue weighted by Crippen LogP contribution is -2.50. The lowest BCUT2D eigenvalue weighted by molar-refractivity contribution is -0.117. The standard InChI is InChI=1S/C25H26N4O6S2/c1-3-34-25(31)23-19(20-9-8-17(2)35-20)16-36-24(23)27-22(30)15-28-10-12-29(13-11-28)37(32,33)21-7-5-4-6-18(21)14-26/h4-9,16H,3,10-13,15H2,1-2H3,(H,27,30). The van der Waals surface area contributed by atoms with E-state index in [4.69, 9.17) is 9.15 Å². The van der Waals surface area contributed by atoms with E-state index in [2.05, 4.69) is 5.32 Å². The molecule has 1 amide bonds. The number of thiophene rings is 1. The van der Waals surface area contributed by atoms with Crippen molar-refractivity contribution >= 4 is 38.2 Å². The highest BCUT2D eigenvalue weighted by Crippen LogP contribution is 2.37. The number of furan rings is 1. The van der Waals surface area contributed by atoms with Crippen molar-refractivity contribution in [2.24, 2.45) is 0 Å². The molecule has 0 saturated carbocycles. The van der Waals surface area contributed by atoms with Crippen LogP contribution in [-0.4, -0.2) is 68.8 Å². The number of piperazine rings is 1. The number of nitriles is 1. The molecule has 0 unspecified atom stereocenters. The fourth-order valence-corrected chi connectivity index (χ4v) is 6.55. The molecule has 1 saturated heterocycles. The van der Waals surface area contributed by atoms with Gasteiger partial charge in [-0.25, -0.2) is 13.2 Å². The van der Waals surface area contributed by atoms with Gasteiger partial charge in [-0.3, -0.25) is 9.69 Å². The first-order chi connectivity index (χ1) is 17.7.